The summed E-state index contributed by atoms with van der Waals surface area (Å²) in [5.41, 5.74) is -0.170. The summed E-state index contributed by atoms with van der Waals surface area (Å²) in [6.07, 6.45) is 4.41. The first-order valence-electron chi connectivity index (χ1n) is 7.09. The maximum absolute atomic E-state index is 11.8. The van der Waals surface area contributed by atoms with Crippen LogP contribution in [0, 0.1) is 6.92 Å². The van der Waals surface area contributed by atoms with E-state index in [1.807, 2.05) is 6.92 Å². The largest absolute Gasteiger partial charge is 0.353 e. The van der Waals surface area contributed by atoms with E-state index in [1.54, 1.807) is 0 Å². The fourth-order valence-corrected chi connectivity index (χ4v) is 2.45. The van der Waals surface area contributed by atoms with Crippen LogP contribution in [0.2, 0.25) is 0 Å². The topological polar surface area (TPSA) is 103 Å². The Bertz CT molecular complexity index is 532. The van der Waals surface area contributed by atoms with E-state index in [4.69, 9.17) is 5.84 Å². The third kappa shape index (κ3) is 5.74. The van der Waals surface area contributed by atoms with E-state index >= 15 is 0 Å². The molecule has 118 valence electrons. The van der Waals surface area contributed by atoms with Crippen molar-refractivity contribution in [2.24, 2.45) is 0 Å². The first-order valence-corrected chi connectivity index (χ1v) is 8.07. The fourth-order valence-electron chi connectivity index (χ4n) is 1.79. The second-order valence-corrected chi connectivity index (χ2v) is 5.94. The first kappa shape index (κ1) is 17.5. The zero-order valence-electron chi connectivity index (χ0n) is 12.8. The number of hydrogen-bond donors (Lipinski definition) is 2. The standard InChI is InChI=1S/C13H23N5O2S/c1-4-5-6-7-9(2)15-11(19)8-21-13-17-16-10(3)12(20)18(13)14/h9H,4-8,14H2,1-3H3,(H,15,19)/t9-/m1/s1. The monoisotopic (exact) mass is 313 g/mol. The van der Waals surface area contributed by atoms with Gasteiger partial charge < -0.3 is 11.2 Å². The lowest BCUT2D eigenvalue weighted by Crippen LogP contribution is -2.35. The molecule has 21 heavy (non-hydrogen) atoms. The van der Waals surface area contributed by atoms with Gasteiger partial charge in [0.15, 0.2) is 0 Å². The fraction of sp³-hybridized carbons (Fsp3) is 0.692. The van der Waals surface area contributed by atoms with Crippen molar-refractivity contribution >= 4 is 17.7 Å². The van der Waals surface area contributed by atoms with Gasteiger partial charge in [0.05, 0.1) is 5.75 Å². The highest BCUT2D eigenvalue weighted by atomic mass is 32.2. The number of carbonyl (C=O) groups excluding carboxylic acids is 1. The SMILES string of the molecule is CCCCC[C@@H](C)NC(=O)CSc1nnc(C)c(=O)n1N. The molecule has 1 heterocycles. The molecule has 1 aromatic rings. The van der Waals surface area contributed by atoms with Gasteiger partial charge in [-0.15, -0.1) is 10.2 Å². The quantitative estimate of drug-likeness (QED) is 0.419. The Morgan fingerprint density at radius 2 is 2.14 bits per heavy atom. The Morgan fingerprint density at radius 3 is 2.81 bits per heavy atom. The maximum Gasteiger partial charge on any atom is 0.294 e. The number of nitrogen functional groups attached to an aromatic ring is 1. The minimum atomic E-state index is -0.402. The van der Waals surface area contributed by atoms with Crippen molar-refractivity contribution in [2.75, 3.05) is 11.6 Å². The predicted octanol–water partition coefficient (Wildman–Crippen LogP) is 0.838. The van der Waals surface area contributed by atoms with Crippen LogP contribution in [0.4, 0.5) is 0 Å². The van der Waals surface area contributed by atoms with Crippen LogP contribution >= 0.6 is 11.8 Å². The number of carbonyl (C=O) groups is 1. The Balaban J connectivity index is 2.43. The predicted molar refractivity (Wildman–Crippen MR) is 83.7 cm³/mol. The molecule has 0 aliphatic carbocycles. The van der Waals surface area contributed by atoms with Crippen LogP contribution in [0.5, 0.6) is 0 Å². The summed E-state index contributed by atoms with van der Waals surface area (Å²) in [4.78, 5) is 23.4. The normalized spacial score (nSPS) is 12.1. The van der Waals surface area contributed by atoms with E-state index in [0.717, 1.165) is 35.7 Å². The second kappa shape index (κ2) is 8.66. The Hall–Kier alpha value is -1.57. The van der Waals surface area contributed by atoms with Crippen LogP contribution < -0.4 is 16.7 Å². The lowest BCUT2D eigenvalue weighted by atomic mass is 10.1. The summed E-state index contributed by atoms with van der Waals surface area (Å²) < 4.78 is 0.922. The molecule has 7 nitrogen and oxygen atoms in total. The van der Waals surface area contributed by atoms with Crippen molar-refractivity contribution < 1.29 is 4.79 Å². The van der Waals surface area contributed by atoms with Crippen LogP contribution in [-0.2, 0) is 4.79 Å². The molecule has 1 atom stereocenters. The molecule has 1 rings (SSSR count). The third-order valence-electron chi connectivity index (χ3n) is 3.00. The zero-order chi connectivity index (χ0) is 15.8. The highest BCUT2D eigenvalue weighted by Crippen LogP contribution is 2.11. The molecule has 0 aliphatic rings. The van der Waals surface area contributed by atoms with Gasteiger partial charge >= 0.3 is 0 Å². The highest BCUT2D eigenvalue weighted by Gasteiger charge is 2.11. The van der Waals surface area contributed by atoms with E-state index in [2.05, 4.69) is 22.4 Å². The molecule has 0 aliphatic heterocycles. The number of rotatable bonds is 8. The molecular weight excluding hydrogens is 290 g/mol. The molecule has 0 fully saturated rings. The van der Waals surface area contributed by atoms with E-state index in [0.29, 0.717) is 0 Å². The van der Waals surface area contributed by atoms with E-state index in [-0.39, 0.29) is 28.6 Å². The Morgan fingerprint density at radius 1 is 1.43 bits per heavy atom. The van der Waals surface area contributed by atoms with Gasteiger partial charge in [-0.25, -0.2) is 0 Å². The molecule has 1 aromatic heterocycles. The number of nitrogens with zero attached hydrogens (tertiary/aromatic N) is 3. The average Bonchev–Trinajstić information content (AvgIpc) is 2.44. The number of aromatic nitrogens is 3. The minimum Gasteiger partial charge on any atom is -0.353 e. The van der Waals surface area contributed by atoms with Gasteiger partial charge in [0.1, 0.15) is 5.69 Å². The van der Waals surface area contributed by atoms with Gasteiger partial charge in [-0.05, 0) is 20.3 Å². The number of thioether (sulfide) groups is 1. The lowest BCUT2D eigenvalue weighted by molar-refractivity contribution is -0.119. The van der Waals surface area contributed by atoms with Crippen molar-refractivity contribution in [1.29, 1.82) is 0 Å². The molecule has 0 bridgehead atoms. The van der Waals surface area contributed by atoms with Crippen molar-refractivity contribution in [1.82, 2.24) is 20.2 Å². The number of amides is 1. The van der Waals surface area contributed by atoms with Crippen molar-refractivity contribution in [3.8, 4) is 0 Å². The van der Waals surface area contributed by atoms with E-state index in [1.165, 1.54) is 13.3 Å². The molecule has 0 aromatic carbocycles. The van der Waals surface area contributed by atoms with Crippen LogP contribution in [-0.4, -0.2) is 32.6 Å². The van der Waals surface area contributed by atoms with Gasteiger partial charge in [0.25, 0.3) is 5.56 Å². The van der Waals surface area contributed by atoms with Crippen LogP contribution in [0.3, 0.4) is 0 Å². The van der Waals surface area contributed by atoms with E-state index in [9.17, 15) is 9.59 Å². The summed E-state index contributed by atoms with van der Waals surface area (Å²) in [6, 6.07) is 0.147. The Labute approximate surface area is 128 Å². The molecule has 0 saturated carbocycles. The molecule has 0 unspecified atom stereocenters. The van der Waals surface area contributed by atoms with E-state index < -0.39 is 5.56 Å². The molecule has 0 radical (unpaired) electrons. The summed E-state index contributed by atoms with van der Waals surface area (Å²) >= 11 is 1.10. The zero-order valence-corrected chi connectivity index (χ0v) is 13.6. The third-order valence-corrected chi connectivity index (χ3v) is 3.94. The summed E-state index contributed by atoms with van der Waals surface area (Å²) in [5.74, 6) is 5.66. The van der Waals surface area contributed by atoms with Gasteiger partial charge in [-0.3, -0.25) is 9.59 Å². The van der Waals surface area contributed by atoms with Gasteiger partial charge in [0.2, 0.25) is 11.1 Å². The minimum absolute atomic E-state index is 0.0983. The van der Waals surface area contributed by atoms with Crippen molar-refractivity contribution in [3.63, 3.8) is 0 Å². The first-order chi connectivity index (χ1) is 9.95. The molecular formula is C13H23N5O2S. The molecule has 0 saturated heterocycles. The van der Waals surface area contributed by atoms with Crippen LogP contribution in [0.1, 0.15) is 45.2 Å². The van der Waals surface area contributed by atoms with Crippen LogP contribution in [0.25, 0.3) is 0 Å². The summed E-state index contributed by atoms with van der Waals surface area (Å²) in [6.45, 7) is 5.68. The van der Waals surface area contributed by atoms with Gasteiger partial charge in [-0.1, -0.05) is 37.9 Å². The van der Waals surface area contributed by atoms with Crippen molar-refractivity contribution in [2.45, 2.75) is 57.7 Å². The van der Waals surface area contributed by atoms with Crippen LogP contribution in [0.15, 0.2) is 9.95 Å². The second-order valence-electron chi connectivity index (χ2n) is 5.00. The Kier molecular flexibility index (Phi) is 7.21. The number of aryl methyl sites for hydroxylation is 1. The summed E-state index contributed by atoms with van der Waals surface area (Å²) in [5, 5.41) is 10.7. The molecule has 8 heteroatoms. The molecule has 0 spiro atoms. The number of hydrogen-bond acceptors (Lipinski definition) is 6. The molecule has 1 amide bonds. The number of unbranched alkanes of at least 4 members (excludes halogenated alkanes) is 2. The lowest BCUT2D eigenvalue weighted by Gasteiger charge is -2.13. The number of nitrogens with one attached hydrogen (secondary N) is 1. The van der Waals surface area contributed by atoms with Gasteiger partial charge in [-0.2, -0.15) is 4.68 Å². The van der Waals surface area contributed by atoms with Gasteiger partial charge in [0, 0.05) is 6.04 Å². The molecule has 3 N–H and O–H groups in total. The van der Waals surface area contributed by atoms with Crippen molar-refractivity contribution in [3.05, 3.63) is 16.0 Å². The smallest absolute Gasteiger partial charge is 0.294 e. The highest BCUT2D eigenvalue weighted by molar-refractivity contribution is 7.99. The maximum atomic E-state index is 11.8. The number of nitrogens with two attached hydrogens (primary N) is 1. The summed E-state index contributed by atoms with van der Waals surface area (Å²) in [7, 11) is 0. The average molecular weight is 313 g/mol.